The Morgan fingerprint density at radius 2 is 1.68 bits per heavy atom. The van der Waals surface area contributed by atoms with E-state index >= 15 is 0 Å². The quantitative estimate of drug-likeness (QED) is 0.315. The first-order valence-corrected chi connectivity index (χ1v) is 8.57. The van der Waals surface area contributed by atoms with E-state index in [0.29, 0.717) is 21.5 Å². The molecular weight excluding hydrogens is 489 g/mol. The number of phenols is 1. The van der Waals surface area contributed by atoms with Crippen LogP contribution in [-0.4, -0.2) is 67.0 Å². The van der Waals surface area contributed by atoms with Crippen LogP contribution in [0, 0.1) is 0 Å². The molecule has 0 fully saturated rings. The van der Waals surface area contributed by atoms with Gasteiger partial charge >= 0.3 is 0 Å². The van der Waals surface area contributed by atoms with Gasteiger partial charge in [0.05, 0.1) is 9.92 Å². The van der Waals surface area contributed by atoms with Gasteiger partial charge in [0.1, 0.15) is 17.1 Å². The van der Waals surface area contributed by atoms with Crippen molar-refractivity contribution in [2.45, 2.75) is 4.90 Å². The molecule has 3 aromatic rings. The summed E-state index contributed by atoms with van der Waals surface area (Å²) in [6.07, 6.45) is 0. The molecule has 0 aliphatic rings. The van der Waals surface area contributed by atoms with E-state index in [-0.39, 0.29) is 65.2 Å². The Bertz CT molecular complexity index is 1070. The second kappa shape index (κ2) is 8.19. The predicted molar refractivity (Wildman–Crippen MR) is 96.8 cm³/mol. The summed E-state index contributed by atoms with van der Waals surface area (Å²) >= 11 is 6.01. The minimum Gasteiger partial charge on any atom is -0.506 e. The first-order chi connectivity index (χ1) is 11.4. The van der Waals surface area contributed by atoms with Crippen LogP contribution in [0.5, 0.6) is 5.75 Å². The molecule has 2 N–H and O–H groups in total. The molecule has 0 bridgehead atoms. The average Bonchev–Trinajstić information content (AvgIpc) is 2.54. The topological polar surface area (TPSA) is 99.3 Å². The van der Waals surface area contributed by atoms with Crippen molar-refractivity contribution in [2.75, 3.05) is 0 Å². The zero-order valence-electron chi connectivity index (χ0n) is 12.8. The number of aromatic hydroxyl groups is 1. The number of hydrogen-bond donors (Lipinski definition) is 2. The summed E-state index contributed by atoms with van der Waals surface area (Å²) in [5.74, 6) is -0.113. The van der Waals surface area contributed by atoms with Crippen LogP contribution in [0.3, 0.4) is 0 Å². The molecule has 0 saturated carbocycles. The molecule has 124 valence electrons. The second-order valence-corrected chi connectivity index (χ2v) is 6.77. The fraction of sp³-hybridized carbons (Fsp3) is 0. The number of rotatable bonds is 3. The van der Waals surface area contributed by atoms with E-state index in [1.165, 1.54) is 30.3 Å². The summed E-state index contributed by atoms with van der Waals surface area (Å²) in [4.78, 5) is -0.241. The molecule has 2 radical (unpaired) electrons. The standard InChI is InChI=1S/C16H11ClN2O4S.Ba/c17-13-3-1-2-4-14(13)18-19-16-12-7-6-11(24(21,22)23)9-10(12)5-8-15(16)20;/h1-9,20H,(H,21,22,23);. The van der Waals surface area contributed by atoms with Crippen molar-refractivity contribution in [1.29, 1.82) is 0 Å². The molecule has 0 aliphatic carbocycles. The van der Waals surface area contributed by atoms with E-state index in [9.17, 15) is 13.5 Å². The first kappa shape index (κ1) is 20.4. The maximum Gasteiger partial charge on any atom is 0.294 e. The van der Waals surface area contributed by atoms with Gasteiger partial charge in [0.15, 0.2) is 0 Å². The number of fused-ring (bicyclic) bond motifs is 1. The summed E-state index contributed by atoms with van der Waals surface area (Å²) in [5.41, 5.74) is 0.611. The first-order valence-electron chi connectivity index (χ1n) is 6.76. The third kappa shape index (κ3) is 4.63. The molecule has 0 spiro atoms. The molecule has 3 rings (SSSR count). The van der Waals surface area contributed by atoms with Gasteiger partial charge in [-0.25, -0.2) is 0 Å². The summed E-state index contributed by atoms with van der Waals surface area (Å²) in [6.45, 7) is 0. The third-order valence-electron chi connectivity index (χ3n) is 3.35. The third-order valence-corrected chi connectivity index (χ3v) is 4.52. The van der Waals surface area contributed by atoms with Crippen molar-refractivity contribution >= 4 is 92.7 Å². The van der Waals surface area contributed by atoms with Crippen molar-refractivity contribution in [3.8, 4) is 5.75 Å². The Hall–Kier alpha value is -0.909. The molecule has 3 aromatic carbocycles. The van der Waals surface area contributed by atoms with Crippen LogP contribution in [0.1, 0.15) is 0 Å². The van der Waals surface area contributed by atoms with Gasteiger partial charge in [-0.3, -0.25) is 4.55 Å². The molecule has 6 nitrogen and oxygen atoms in total. The number of phenolic OH excluding ortho intramolecular Hbond substituents is 1. The van der Waals surface area contributed by atoms with E-state index in [1.807, 2.05) is 0 Å². The van der Waals surface area contributed by atoms with Gasteiger partial charge in [0.25, 0.3) is 10.1 Å². The van der Waals surface area contributed by atoms with Crippen molar-refractivity contribution < 1.29 is 18.1 Å². The van der Waals surface area contributed by atoms with Gasteiger partial charge in [0.2, 0.25) is 0 Å². The van der Waals surface area contributed by atoms with Crippen molar-refractivity contribution in [3.63, 3.8) is 0 Å². The molecule has 0 heterocycles. The zero-order chi connectivity index (χ0) is 17.3. The van der Waals surface area contributed by atoms with Crippen LogP contribution >= 0.6 is 11.6 Å². The van der Waals surface area contributed by atoms with E-state index in [2.05, 4.69) is 10.2 Å². The molecule has 0 unspecified atom stereocenters. The fourth-order valence-corrected chi connectivity index (χ4v) is 2.87. The minimum absolute atomic E-state index is 0. The molecule has 9 heteroatoms. The monoisotopic (exact) mass is 500 g/mol. The van der Waals surface area contributed by atoms with Crippen molar-refractivity contribution in [3.05, 3.63) is 59.6 Å². The number of halogens is 1. The van der Waals surface area contributed by atoms with Gasteiger partial charge in [-0.15, -0.1) is 10.2 Å². The number of benzene rings is 3. The molecule has 25 heavy (non-hydrogen) atoms. The summed E-state index contributed by atoms with van der Waals surface area (Å²) in [6, 6.07) is 13.7. The van der Waals surface area contributed by atoms with Crippen LogP contribution in [0.2, 0.25) is 5.02 Å². The number of nitrogens with zero attached hydrogens (tertiary/aromatic N) is 2. The zero-order valence-corrected chi connectivity index (χ0v) is 18.8. The maximum absolute atomic E-state index is 11.2. The number of azo groups is 1. The maximum atomic E-state index is 11.2. The normalized spacial score (nSPS) is 11.6. The van der Waals surface area contributed by atoms with Gasteiger partial charge in [-0.05, 0) is 35.7 Å². The van der Waals surface area contributed by atoms with Crippen molar-refractivity contribution in [2.24, 2.45) is 10.2 Å². The van der Waals surface area contributed by atoms with E-state index < -0.39 is 10.1 Å². The predicted octanol–water partition coefficient (Wildman–Crippen LogP) is 4.48. The SMILES string of the molecule is O=S(=O)(O)c1ccc2c(N=Nc3ccccc3Cl)c(O)ccc2c1.[Ba]. The largest absolute Gasteiger partial charge is 0.506 e. The van der Waals surface area contributed by atoms with Gasteiger partial charge in [-0.1, -0.05) is 35.9 Å². The van der Waals surface area contributed by atoms with Crippen LogP contribution in [0.15, 0.2) is 69.7 Å². The molecule has 0 saturated heterocycles. The van der Waals surface area contributed by atoms with Crippen LogP contribution < -0.4 is 0 Å². The summed E-state index contributed by atoms with van der Waals surface area (Å²) in [5, 5.41) is 19.5. The minimum atomic E-state index is -4.31. The van der Waals surface area contributed by atoms with Crippen molar-refractivity contribution in [1.82, 2.24) is 0 Å². The van der Waals surface area contributed by atoms with Crippen LogP contribution in [-0.2, 0) is 10.1 Å². The van der Waals surface area contributed by atoms with E-state index in [1.54, 1.807) is 24.3 Å². The van der Waals surface area contributed by atoms with Gasteiger partial charge in [-0.2, -0.15) is 8.42 Å². The summed E-state index contributed by atoms with van der Waals surface area (Å²) < 4.78 is 31.6. The molecule has 0 aromatic heterocycles. The summed E-state index contributed by atoms with van der Waals surface area (Å²) in [7, 11) is -4.31. The Balaban J connectivity index is 0.00000225. The van der Waals surface area contributed by atoms with Gasteiger partial charge in [0, 0.05) is 54.3 Å². The molecule has 0 aliphatic heterocycles. The van der Waals surface area contributed by atoms with Crippen LogP contribution in [0.4, 0.5) is 11.4 Å². The van der Waals surface area contributed by atoms with Gasteiger partial charge < -0.3 is 5.11 Å². The smallest absolute Gasteiger partial charge is 0.294 e. The number of hydrogen-bond acceptors (Lipinski definition) is 5. The Morgan fingerprint density at radius 3 is 2.36 bits per heavy atom. The van der Waals surface area contributed by atoms with Crippen LogP contribution in [0.25, 0.3) is 10.8 Å². The Labute approximate surface area is 189 Å². The van der Waals surface area contributed by atoms with E-state index in [4.69, 9.17) is 16.2 Å². The Morgan fingerprint density at radius 1 is 0.960 bits per heavy atom. The molecule has 0 amide bonds. The fourth-order valence-electron chi connectivity index (χ4n) is 2.18. The Kier molecular flexibility index (Phi) is 6.69. The molecular formula is C16H11BaClN2O4S. The average molecular weight is 500 g/mol. The van der Waals surface area contributed by atoms with E-state index in [0.717, 1.165) is 0 Å². The molecule has 0 atom stereocenters. The second-order valence-electron chi connectivity index (χ2n) is 4.94.